The molecule has 34 heavy (non-hydrogen) atoms. The second-order valence-electron chi connectivity index (χ2n) is 8.73. The first-order valence-corrected chi connectivity index (χ1v) is 11.2. The molecule has 9 heteroatoms. The summed E-state index contributed by atoms with van der Waals surface area (Å²) in [5.74, 6) is -0.277. The Balaban J connectivity index is 1.69. The molecule has 1 aromatic heterocycles. The summed E-state index contributed by atoms with van der Waals surface area (Å²) in [4.78, 5) is 18.2. The van der Waals surface area contributed by atoms with E-state index in [-0.39, 0.29) is 18.2 Å². The number of rotatable bonds is 6. The maximum atomic E-state index is 13.1. The topological polar surface area (TPSA) is 68.8 Å². The summed E-state index contributed by atoms with van der Waals surface area (Å²) in [5.41, 5.74) is 4.09. The van der Waals surface area contributed by atoms with Crippen molar-refractivity contribution in [1.29, 1.82) is 0 Å². The Kier molecular flexibility index (Phi) is 6.86. The SMILES string of the molecule is COc1cc(C)c2[nH]ccc2c1CN1CCN(CC(F)(F)F)CCC1c1ccc(C(=O)O)cc1. The van der Waals surface area contributed by atoms with Crippen LogP contribution in [0.25, 0.3) is 10.9 Å². The molecule has 1 atom stereocenters. The van der Waals surface area contributed by atoms with E-state index in [1.165, 1.54) is 4.90 Å². The molecule has 1 fully saturated rings. The summed E-state index contributed by atoms with van der Waals surface area (Å²) in [7, 11) is 1.62. The summed E-state index contributed by atoms with van der Waals surface area (Å²) in [6, 6.07) is 10.4. The molecule has 2 aromatic carbocycles. The molecule has 1 aliphatic rings. The second kappa shape index (κ2) is 9.68. The third kappa shape index (κ3) is 5.20. The highest BCUT2D eigenvalue weighted by atomic mass is 19.4. The van der Waals surface area contributed by atoms with Crippen molar-refractivity contribution in [3.8, 4) is 5.75 Å². The number of aromatic amines is 1. The summed E-state index contributed by atoms with van der Waals surface area (Å²) in [5, 5.41) is 10.3. The van der Waals surface area contributed by atoms with Crippen molar-refractivity contribution in [2.45, 2.75) is 32.1 Å². The Morgan fingerprint density at radius 1 is 1.18 bits per heavy atom. The van der Waals surface area contributed by atoms with Crippen LogP contribution in [0.3, 0.4) is 0 Å². The standard InChI is InChI=1S/C25H28F3N3O3/c1-16-13-22(34-2)20(19-7-9-29-23(16)19)14-31-12-11-30(15-25(26,27)28)10-8-21(31)17-3-5-18(6-4-17)24(32)33/h3-7,9,13,21,29H,8,10-12,14-15H2,1-2H3,(H,32,33). The molecule has 1 unspecified atom stereocenters. The molecule has 3 aromatic rings. The van der Waals surface area contributed by atoms with Crippen molar-refractivity contribution >= 4 is 16.9 Å². The molecule has 0 bridgehead atoms. The first-order valence-electron chi connectivity index (χ1n) is 11.2. The van der Waals surface area contributed by atoms with Gasteiger partial charge in [-0.15, -0.1) is 0 Å². The van der Waals surface area contributed by atoms with Crippen LogP contribution >= 0.6 is 0 Å². The number of hydrogen-bond acceptors (Lipinski definition) is 4. The number of aromatic carboxylic acids is 1. The highest BCUT2D eigenvalue weighted by molar-refractivity contribution is 5.88. The lowest BCUT2D eigenvalue weighted by Gasteiger charge is -2.31. The summed E-state index contributed by atoms with van der Waals surface area (Å²) < 4.78 is 45.0. The predicted octanol–water partition coefficient (Wildman–Crippen LogP) is 4.99. The van der Waals surface area contributed by atoms with Crippen molar-refractivity contribution < 1.29 is 27.8 Å². The Hall–Kier alpha value is -3.04. The highest BCUT2D eigenvalue weighted by Crippen LogP contribution is 2.35. The van der Waals surface area contributed by atoms with Gasteiger partial charge in [0.15, 0.2) is 0 Å². The molecule has 182 valence electrons. The normalized spacial score (nSPS) is 18.2. The Bertz CT molecular complexity index is 1160. The van der Waals surface area contributed by atoms with Crippen LogP contribution in [0.5, 0.6) is 5.75 Å². The highest BCUT2D eigenvalue weighted by Gasteiger charge is 2.34. The smallest absolute Gasteiger partial charge is 0.401 e. The number of methoxy groups -OCH3 is 1. The van der Waals surface area contributed by atoms with Gasteiger partial charge >= 0.3 is 12.1 Å². The molecule has 2 N–H and O–H groups in total. The van der Waals surface area contributed by atoms with Crippen LogP contribution in [-0.4, -0.2) is 65.3 Å². The van der Waals surface area contributed by atoms with Gasteiger partial charge in [-0.05, 0) is 48.7 Å². The lowest BCUT2D eigenvalue weighted by Crippen LogP contribution is -2.37. The number of nitrogens with one attached hydrogen (secondary N) is 1. The van der Waals surface area contributed by atoms with Gasteiger partial charge in [-0.25, -0.2) is 4.79 Å². The maximum Gasteiger partial charge on any atom is 0.401 e. The number of carboxylic acid groups (broad SMARTS) is 1. The van der Waals surface area contributed by atoms with Crippen LogP contribution in [0.4, 0.5) is 13.2 Å². The minimum atomic E-state index is -4.26. The monoisotopic (exact) mass is 475 g/mol. The van der Waals surface area contributed by atoms with Gasteiger partial charge in [-0.3, -0.25) is 9.80 Å². The van der Waals surface area contributed by atoms with E-state index in [4.69, 9.17) is 4.74 Å². The molecule has 0 saturated carbocycles. The molecule has 1 aliphatic heterocycles. The zero-order valence-corrected chi connectivity index (χ0v) is 19.2. The number of benzene rings is 2. The lowest BCUT2D eigenvalue weighted by molar-refractivity contribution is -0.145. The lowest BCUT2D eigenvalue weighted by atomic mass is 9.98. The number of ether oxygens (including phenoxy) is 1. The number of aryl methyl sites for hydroxylation is 1. The number of halogens is 3. The molecule has 0 radical (unpaired) electrons. The zero-order valence-electron chi connectivity index (χ0n) is 19.2. The number of hydrogen-bond donors (Lipinski definition) is 2. The van der Waals surface area contributed by atoms with E-state index in [0.717, 1.165) is 33.3 Å². The van der Waals surface area contributed by atoms with Crippen LogP contribution in [-0.2, 0) is 6.54 Å². The molecule has 1 saturated heterocycles. The molecular weight excluding hydrogens is 447 g/mol. The van der Waals surface area contributed by atoms with E-state index < -0.39 is 18.7 Å². The minimum Gasteiger partial charge on any atom is -0.496 e. The summed E-state index contributed by atoms with van der Waals surface area (Å²) in [6.45, 7) is 2.56. The van der Waals surface area contributed by atoms with Crippen molar-refractivity contribution in [3.63, 3.8) is 0 Å². The van der Waals surface area contributed by atoms with Crippen molar-refractivity contribution in [2.75, 3.05) is 33.3 Å². The van der Waals surface area contributed by atoms with Crippen LogP contribution in [0.15, 0.2) is 42.6 Å². The van der Waals surface area contributed by atoms with E-state index in [9.17, 15) is 23.1 Å². The zero-order chi connectivity index (χ0) is 24.5. The first kappa shape index (κ1) is 24.1. The third-order valence-corrected chi connectivity index (χ3v) is 6.50. The van der Waals surface area contributed by atoms with E-state index in [1.54, 1.807) is 31.4 Å². The first-order chi connectivity index (χ1) is 16.2. The third-order valence-electron chi connectivity index (χ3n) is 6.50. The number of aromatic nitrogens is 1. The number of carboxylic acids is 1. The Morgan fingerprint density at radius 3 is 2.56 bits per heavy atom. The molecular formula is C25H28F3N3O3. The number of fused-ring (bicyclic) bond motifs is 1. The average Bonchev–Trinajstić information content (AvgIpc) is 3.20. The maximum absolute atomic E-state index is 13.1. The van der Waals surface area contributed by atoms with Crippen molar-refractivity contribution in [3.05, 3.63) is 64.8 Å². The quantitative estimate of drug-likeness (QED) is 0.526. The van der Waals surface area contributed by atoms with E-state index >= 15 is 0 Å². The van der Waals surface area contributed by atoms with Gasteiger partial charge in [0, 0.05) is 54.9 Å². The van der Waals surface area contributed by atoms with Crippen molar-refractivity contribution in [1.82, 2.24) is 14.8 Å². The second-order valence-corrected chi connectivity index (χ2v) is 8.73. The molecule has 0 spiro atoms. The van der Waals surface area contributed by atoms with Gasteiger partial charge in [-0.2, -0.15) is 13.2 Å². The summed E-state index contributed by atoms with van der Waals surface area (Å²) in [6.07, 6.45) is -1.89. The van der Waals surface area contributed by atoms with Crippen LogP contribution in [0.2, 0.25) is 0 Å². The van der Waals surface area contributed by atoms with Gasteiger partial charge in [0.05, 0.1) is 19.2 Å². The van der Waals surface area contributed by atoms with Gasteiger partial charge in [0.25, 0.3) is 0 Å². The number of carbonyl (C=O) groups is 1. The number of nitrogens with zero attached hydrogens (tertiary/aromatic N) is 2. The van der Waals surface area contributed by atoms with Crippen LogP contribution in [0, 0.1) is 6.92 Å². The van der Waals surface area contributed by atoms with Gasteiger partial charge in [0.2, 0.25) is 0 Å². The predicted molar refractivity (Wildman–Crippen MR) is 123 cm³/mol. The fourth-order valence-electron chi connectivity index (χ4n) is 4.84. The molecule has 2 heterocycles. The minimum absolute atomic E-state index is 0.166. The van der Waals surface area contributed by atoms with Crippen LogP contribution in [0.1, 0.15) is 39.5 Å². The number of alkyl halides is 3. The molecule has 0 amide bonds. The van der Waals surface area contributed by atoms with Gasteiger partial charge in [0.1, 0.15) is 5.75 Å². The summed E-state index contributed by atoms with van der Waals surface area (Å²) >= 11 is 0. The fourth-order valence-corrected chi connectivity index (χ4v) is 4.84. The van der Waals surface area contributed by atoms with E-state index in [0.29, 0.717) is 26.1 Å². The number of H-pyrrole nitrogens is 1. The van der Waals surface area contributed by atoms with Crippen molar-refractivity contribution in [2.24, 2.45) is 0 Å². The Morgan fingerprint density at radius 2 is 1.91 bits per heavy atom. The van der Waals surface area contributed by atoms with E-state index in [1.807, 2.05) is 25.3 Å². The van der Waals surface area contributed by atoms with Gasteiger partial charge in [-0.1, -0.05) is 12.1 Å². The van der Waals surface area contributed by atoms with Gasteiger partial charge < -0.3 is 14.8 Å². The molecule has 0 aliphatic carbocycles. The van der Waals surface area contributed by atoms with E-state index in [2.05, 4.69) is 9.88 Å². The Labute approximate surface area is 195 Å². The molecule has 4 rings (SSSR count). The molecule has 6 nitrogen and oxygen atoms in total. The van der Waals surface area contributed by atoms with Crippen LogP contribution < -0.4 is 4.74 Å². The largest absolute Gasteiger partial charge is 0.496 e. The average molecular weight is 476 g/mol. The fraction of sp³-hybridized carbons (Fsp3) is 0.400.